The third-order valence-corrected chi connectivity index (χ3v) is 3.19. The summed E-state index contributed by atoms with van der Waals surface area (Å²) in [6, 6.07) is 10.5. The maximum absolute atomic E-state index is 5.40. The predicted molar refractivity (Wildman–Crippen MR) is 66.3 cm³/mol. The zero-order valence-electron chi connectivity index (χ0n) is 9.89. The summed E-state index contributed by atoms with van der Waals surface area (Å²) >= 11 is 0. The van der Waals surface area contributed by atoms with Gasteiger partial charge < -0.3 is 13.6 Å². The average Bonchev–Trinajstić information content (AvgIpc) is 2.35. The van der Waals surface area contributed by atoms with E-state index < -0.39 is 8.60 Å². The minimum absolute atomic E-state index is 0.695. The van der Waals surface area contributed by atoms with Gasteiger partial charge in [-0.1, -0.05) is 30.3 Å². The third kappa shape index (κ3) is 5.57. The van der Waals surface area contributed by atoms with Crippen LogP contribution in [0.3, 0.4) is 0 Å². The summed E-state index contributed by atoms with van der Waals surface area (Å²) in [4.78, 5) is 0. The molecule has 0 heterocycles. The van der Waals surface area contributed by atoms with Crippen LogP contribution in [0.2, 0.25) is 0 Å². The molecule has 1 aromatic carbocycles. The van der Waals surface area contributed by atoms with Crippen molar-refractivity contribution < 1.29 is 13.6 Å². The van der Waals surface area contributed by atoms with Crippen LogP contribution in [0.25, 0.3) is 0 Å². The predicted octanol–water partition coefficient (Wildman–Crippen LogP) is 3.55. The van der Waals surface area contributed by atoms with Crippen molar-refractivity contribution in [1.82, 2.24) is 0 Å². The highest BCUT2D eigenvalue weighted by atomic mass is 31.2. The van der Waals surface area contributed by atoms with E-state index in [1.807, 2.05) is 6.07 Å². The fourth-order valence-corrected chi connectivity index (χ4v) is 2.03. The third-order valence-electron chi connectivity index (χ3n) is 2.20. The van der Waals surface area contributed by atoms with Crippen LogP contribution in [0.1, 0.15) is 18.4 Å². The molecule has 0 atom stereocenters. The van der Waals surface area contributed by atoms with Crippen LogP contribution in [-0.4, -0.2) is 20.8 Å². The minimum Gasteiger partial charge on any atom is -0.316 e. The normalized spacial score (nSPS) is 10.9. The van der Waals surface area contributed by atoms with Gasteiger partial charge in [0.25, 0.3) is 0 Å². The van der Waals surface area contributed by atoms with Crippen molar-refractivity contribution in [3.05, 3.63) is 35.9 Å². The van der Waals surface area contributed by atoms with Crippen LogP contribution in [0, 0.1) is 0 Å². The maximum Gasteiger partial charge on any atom is 0.332 e. The summed E-state index contributed by atoms with van der Waals surface area (Å²) in [7, 11) is 2.07. The van der Waals surface area contributed by atoms with E-state index in [0.29, 0.717) is 6.61 Å². The van der Waals surface area contributed by atoms with Crippen LogP contribution in [-0.2, 0) is 20.0 Å². The Labute approximate surface area is 98.7 Å². The van der Waals surface area contributed by atoms with Gasteiger partial charge in [0.1, 0.15) is 0 Å². The topological polar surface area (TPSA) is 27.7 Å². The molecule has 0 aliphatic heterocycles. The number of aryl methyl sites for hydroxylation is 1. The quantitative estimate of drug-likeness (QED) is 0.515. The van der Waals surface area contributed by atoms with Gasteiger partial charge in [0.15, 0.2) is 0 Å². The lowest BCUT2D eigenvalue weighted by atomic mass is 10.1. The van der Waals surface area contributed by atoms with Crippen LogP contribution >= 0.6 is 8.60 Å². The van der Waals surface area contributed by atoms with Gasteiger partial charge >= 0.3 is 8.60 Å². The van der Waals surface area contributed by atoms with Crippen LogP contribution in [0.15, 0.2) is 30.3 Å². The molecule has 1 aromatic rings. The van der Waals surface area contributed by atoms with Crippen molar-refractivity contribution >= 4 is 8.60 Å². The summed E-state index contributed by atoms with van der Waals surface area (Å²) < 4.78 is 15.4. The van der Waals surface area contributed by atoms with E-state index in [0.717, 1.165) is 19.3 Å². The van der Waals surface area contributed by atoms with Crippen molar-refractivity contribution in [2.24, 2.45) is 0 Å². The van der Waals surface area contributed by atoms with Crippen molar-refractivity contribution in [2.75, 3.05) is 20.8 Å². The van der Waals surface area contributed by atoms with E-state index in [1.54, 1.807) is 14.2 Å². The molecule has 0 aromatic heterocycles. The number of benzene rings is 1. The Kier molecular flexibility index (Phi) is 7.35. The second-order valence-corrected chi connectivity index (χ2v) is 4.80. The van der Waals surface area contributed by atoms with E-state index in [4.69, 9.17) is 13.6 Å². The average molecular weight is 242 g/mol. The van der Waals surface area contributed by atoms with Crippen molar-refractivity contribution in [1.29, 1.82) is 0 Å². The molecule has 16 heavy (non-hydrogen) atoms. The largest absolute Gasteiger partial charge is 0.332 e. The molecule has 4 heteroatoms. The summed E-state index contributed by atoms with van der Waals surface area (Å²) in [6.45, 7) is 0.695. The molecule has 0 aliphatic rings. The lowest BCUT2D eigenvalue weighted by Crippen LogP contribution is -1.94. The molecule has 0 unspecified atom stereocenters. The first-order chi connectivity index (χ1) is 7.86. The smallest absolute Gasteiger partial charge is 0.316 e. The first-order valence-corrected chi connectivity index (χ1v) is 6.51. The Bertz CT molecular complexity index is 262. The highest BCUT2D eigenvalue weighted by Gasteiger charge is 2.06. The first-order valence-electron chi connectivity index (χ1n) is 5.42. The second-order valence-electron chi connectivity index (χ2n) is 3.36. The monoisotopic (exact) mass is 242 g/mol. The number of hydrogen-bond acceptors (Lipinski definition) is 3. The molecule has 0 amide bonds. The highest BCUT2D eigenvalue weighted by molar-refractivity contribution is 7.41. The molecule has 0 saturated heterocycles. The Balaban J connectivity index is 2.04. The van der Waals surface area contributed by atoms with Gasteiger partial charge in [0.2, 0.25) is 0 Å². The van der Waals surface area contributed by atoms with Gasteiger partial charge in [0.05, 0.1) is 6.61 Å². The molecule has 3 nitrogen and oxygen atoms in total. The Morgan fingerprint density at radius 3 is 2.31 bits per heavy atom. The molecule has 0 bridgehead atoms. The molecule has 1 rings (SSSR count). The van der Waals surface area contributed by atoms with E-state index in [1.165, 1.54) is 5.56 Å². The van der Waals surface area contributed by atoms with Crippen molar-refractivity contribution in [3.8, 4) is 0 Å². The SMILES string of the molecule is COP(OC)OCCCCc1ccccc1. The molecule has 0 aliphatic carbocycles. The van der Waals surface area contributed by atoms with Gasteiger partial charge in [0, 0.05) is 14.2 Å². The van der Waals surface area contributed by atoms with Gasteiger partial charge in [-0.25, -0.2) is 0 Å². The fraction of sp³-hybridized carbons (Fsp3) is 0.500. The summed E-state index contributed by atoms with van der Waals surface area (Å²) in [5.74, 6) is 0. The van der Waals surface area contributed by atoms with E-state index >= 15 is 0 Å². The molecule has 0 saturated carbocycles. The first kappa shape index (κ1) is 13.6. The summed E-state index contributed by atoms with van der Waals surface area (Å²) in [6.07, 6.45) is 3.25. The van der Waals surface area contributed by atoms with E-state index in [9.17, 15) is 0 Å². The molecule has 0 fully saturated rings. The van der Waals surface area contributed by atoms with E-state index in [2.05, 4.69) is 24.3 Å². The zero-order chi connectivity index (χ0) is 11.6. The van der Waals surface area contributed by atoms with Gasteiger partial charge in [-0.05, 0) is 24.8 Å². The molecule has 0 N–H and O–H groups in total. The van der Waals surface area contributed by atoms with Gasteiger partial charge in [-0.15, -0.1) is 0 Å². The van der Waals surface area contributed by atoms with Crippen LogP contribution in [0.4, 0.5) is 0 Å². The van der Waals surface area contributed by atoms with Crippen molar-refractivity contribution in [3.63, 3.8) is 0 Å². The molecular formula is C12H19O3P. The summed E-state index contributed by atoms with van der Waals surface area (Å²) in [5.41, 5.74) is 1.38. The maximum atomic E-state index is 5.40. The highest BCUT2D eigenvalue weighted by Crippen LogP contribution is 2.37. The number of rotatable bonds is 8. The zero-order valence-corrected chi connectivity index (χ0v) is 10.8. The van der Waals surface area contributed by atoms with Crippen molar-refractivity contribution in [2.45, 2.75) is 19.3 Å². The Morgan fingerprint density at radius 1 is 1.00 bits per heavy atom. The Hall–Kier alpha value is -0.470. The van der Waals surface area contributed by atoms with Crippen LogP contribution in [0.5, 0.6) is 0 Å². The molecular weight excluding hydrogens is 223 g/mol. The fourth-order valence-electron chi connectivity index (χ4n) is 1.39. The number of unbranched alkanes of at least 4 members (excludes halogenated alkanes) is 1. The lowest BCUT2D eigenvalue weighted by Gasteiger charge is -2.11. The van der Waals surface area contributed by atoms with E-state index in [-0.39, 0.29) is 0 Å². The second kappa shape index (κ2) is 8.66. The molecule has 0 radical (unpaired) electrons. The minimum atomic E-state index is -1.13. The van der Waals surface area contributed by atoms with Gasteiger partial charge in [-0.2, -0.15) is 0 Å². The Morgan fingerprint density at radius 2 is 1.69 bits per heavy atom. The molecule has 0 spiro atoms. The molecule has 90 valence electrons. The summed E-state index contributed by atoms with van der Waals surface area (Å²) in [5, 5.41) is 0. The standard InChI is InChI=1S/C12H19O3P/c1-13-16(14-2)15-11-7-6-10-12-8-4-3-5-9-12/h3-5,8-9H,6-7,10-11H2,1-2H3. The van der Waals surface area contributed by atoms with Crippen LogP contribution < -0.4 is 0 Å². The number of hydrogen-bond donors (Lipinski definition) is 0. The van der Waals surface area contributed by atoms with Gasteiger partial charge in [-0.3, -0.25) is 0 Å². The lowest BCUT2D eigenvalue weighted by molar-refractivity contribution is 0.203.